The molecule has 136 valence electrons. The van der Waals surface area contributed by atoms with Crippen molar-refractivity contribution in [1.82, 2.24) is 4.98 Å². The highest BCUT2D eigenvalue weighted by Crippen LogP contribution is 2.33. The summed E-state index contributed by atoms with van der Waals surface area (Å²) in [7, 11) is 0. The first kappa shape index (κ1) is 16.8. The number of ether oxygens (including phenoxy) is 2. The molecule has 0 fully saturated rings. The number of fused-ring (bicyclic) bond motifs is 2. The van der Waals surface area contributed by atoms with E-state index in [9.17, 15) is 14.9 Å². The fourth-order valence-electron chi connectivity index (χ4n) is 3.05. The number of nitro benzene ring substituents is 1. The van der Waals surface area contributed by atoms with Gasteiger partial charge in [0.05, 0.1) is 10.3 Å². The summed E-state index contributed by atoms with van der Waals surface area (Å²) in [5.41, 5.74) is 1.26. The Morgan fingerprint density at radius 2 is 1.89 bits per heavy atom. The monoisotopic (exact) mass is 365 g/mol. The van der Waals surface area contributed by atoms with Gasteiger partial charge in [-0.2, -0.15) is 0 Å². The highest BCUT2D eigenvalue weighted by molar-refractivity contribution is 6.12. The number of non-ortho nitro benzene ring substituents is 1. The zero-order valence-corrected chi connectivity index (χ0v) is 14.4. The number of nitro groups is 1. The average Bonchev–Trinajstić information content (AvgIpc) is 2.66. The van der Waals surface area contributed by atoms with Gasteiger partial charge in [0.25, 0.3) is 11.6 Å². The third-order valence-corrected chi connectivity index (χ3v) is 4.21. The summed E-state index contributed by atoms with van der Waals surface area (Å²) >= 11 is 0. The number of amides is 1. The number of rotatable bonds is 3. The van der Waals surface area contributed by atoms with E-state index in [1.165, 1.54) is 18.3 Å². The van der Waals surface area contributed by atoms with Gasteiger partial charge in [0.15, 0.2) is 11.5 Å². The van der Waals surface area contributed by atoms with Crippen molar-refractivity contribution in [1.29, 1.82) is 0 Å². The smallest absolute Gasteiger partial charge is 0.277 e. The Morgan fingerprint density at radius 1 is 1.11 bits per heavy atom. The molecular weight excluding hydrogens is 350 g/mol. The quantitative estimate of drug-likeness (QED) is 0.563. The average molecular weight is 365 g/mol. The summed E-state index contributed by atoms with van der Waals surface area (Å²) in [6.07, 6.45) is 1.39. The van der Waals surface area contributed by atoms with Crippen molar-refractivity contribution in [3.8, 4) is 11.5 Å². The van der Waals surface area contributed by atoms with Crippen LogP contribution in [-0.2, 0) is 0 Å². The number of benzene rings is 2. The van der Waals surface area contributed by atoms with Crippen LogP contribution in [0.25, 0.3) is 10.8 Å². The first-order chi connectivity index (χ1) is 13.0. The van der Waals surface area contributed by atoms with Gasteiger partial charge in [-0.25, -0.2) is 0 Å². The molecule has 0 atom stereocenters. The molecule has 4 rings (SSSR count). The Balaban J connectivity index is 1.72. The Morgan fingerprint density at radius 3 is 2.67 bits per heavy atom. The molecule has 1 N–H and O–H groups in total. The Labute approximate surface area is 153 Å². The van der Waals surface area contributed by atoms with Gasteiger partial charge in [-0.3, -0.25) is 19.9 Å². The summed E-state index contributed by atoms with van der Waals surface area (Å²) in [6, 6.07) is 9.82. The third-order valence-electron chi connectivity index (χ3n) is 4.21. The van der Waals surface area contributed by atoms with Gasteiger partial charge in [-0.1, -0.05) is 0 Å². The fraction of sp³-hybridized carbons (Fsp3) is 0.158. The summed E-state index contributed by atoms with van der Waals surface area (Å²) in [5, 5.41) is 14.9. The molecule has 27 heavy (non-hydrogen) atoms. The van der Waals surface area contributed by atoms with E-state index >= 15 is 0 Å². The third kappa shape index (κ3) is 3.12. The number of pyridine rings is 1. The lowest BCUT2D eigenvalue weighted by atomic mass is 10.0. The summed E-state index contributed by atoms with van der Waals surface area (Å²) in [4.78, 5) is 27.8. The Hall–Kier alpha value is -3.68. The minimum absolute atomic E-state index is 0.0548. The SMILES string of the molecule is Cc1cc([N+](=O)[O-])c2ccnc(C(=O)Nc3ccc4c(c3)OCCO4)c2c1. The molecule has 0 spiro atoms. The van der Waals surface area contributed by atoms with Gasteiger partial charge in [-0.15, -0.1) is 0 Å². The highest BCUT2D eigenvalue weighted by Gasteiger charge is 2.20. The number of hydrogen-bond donors (Lipinski definition) is 1. The van der Waals surface area contributed by atoms with E-state index < -0.39 is 10.8 Å². The second-order valence-corrected chi connectivity index (χ2v) is 6.11. The van der Waals surface area contributed by atoms with E-state index in [0.717, 1.165) is 0 Å². The van der Waals surface area contributed by atoms with Gasteiger partial charge in [0.1, 0.15) is 18.9 Å². The van der Waals surface area contributed by atoms with Crippen LogP contribution in [0.5, 0.6) is 11.5 Å². The van der Waals surface area contributed by atoms with Crippen LogP contribution in [0.1, 0.15) is 16.1 Å². The topological polar surface area (TPSA) is 104 Å². The first-order valence-electron chi connectivity index (χ1n) is 8.28. The molecule has 0 saturated heterocycles. The van der Waals surface area contributed by atoms with Gasteiger partial charge < -0.3 is 14.8 Å². The predicted octanol–water partition coefficient (Wildman–Crippen LogP) is 3.47. The van der Waals surface area contributed by atoms with Crippen LogP contribution in [0.3, 0.4) is 0 Å². The van der Waals surface area contributed by atoms with E-state index in [2.05, 4.69) is 10.3 Å². The van der Waals surface area contributed by atoms with Gasteiger partial charge in [0, 0.05) is 29.4 Å². The summed E-state index contributed by atoms with van der Waals surface area (Å²) < 4.78 is 11.0. The van der Waals surface area contributed by atoms with Crippen LogP contribution in [-0.4, -0.2) is 29.0 Å². The van der Waals surface area contributed by atoms with Crippen LogP contribution in [0, 0.1) is 17.0 Å². The number of carbonyl (C=O) groups is 1. The Kier molecular flexibility index (Phi) is 4.08. The number of hydrogen-bond acceptors (Lipinski definition) is 6. The molecule has 0 radical (unpaired) electrons. The number of aryl methyl sites for hydroxylation is 1. The van der Waals surface area contributed by atoms with Crippen molar-refractivity contribution in [2.75, 3.05) is 18.5 Å². The number of anilines is 1. The molecule has 0 unspecified atom stereocenters. The van der Waals surface area contributed by atoms with Crippen LogP contribution in [0.2, 0.25) is 0 Å². The van der Waals surface area contributed by atoms with E-state index in [0.29, 0.717) is 46.7 Å². The van der Waals surface area contributed by atoms with Gasteiger partial charge in [-0.05, 0) is 36.8 Å². The first-order valence-corrected chi connectivity index (χ1v) is 8.28. The molecule has 0 aliphatic carbocycles. The normalized spacial score (nSPS) is 12.6. The molecule has 2 heterocycles. The molecule has 0 bridgehead atoms. The standard InChI is InChI=1S/C19H15N3O5/c1-11-8-14-13(15(9-11)22(24)25)4-5-20-18(14)19(23)21-12-2-3-16-17(10-12)27-7-6-26-16/h2-5,8-10H,6-7H2,1H3,(H,21,23). The number of carbonyl (C=O) groups excluding carboxylic acids is 1. The zero-order chi connectivity index (χ0) is 19.0. The lowest BCUT2D eigenvalue weighted by Crippen LogP contribution is -2.17. The van der Waals surface area contributed by atoms with Crippen LogP contribution in [0.15, 0.2) is 42.6 Å². The molecule has 1 aliphatic rings. The van der Waals surface area contributed by atoms with Crippen LogP contribution >= 0.6 is 0 Å². The molecule has 1 aliphatic heterocycles. The molecular formula is C19H15N3O5. The van der Waals surface area contributed by atoms with E-state index in [1.54, 1.807) is 31.2 Å². The molecule has 8 heteroatoms. The zero-order valence-electron chi connectivity index (χ0n) is 14.4. The van der Waals surface area contributed by atoms with Crippen molar-refractivity contribution in [3.63, 3.8) is 0 Å². The summed E-state index contributed by atoms with van der Waals surface area (Å²) in [6.45, 7) is 2.66. The number of aromatic nitrogens is 1. The van der Waals surface area contributed by atoms with Gasteiger partial charge >= 0.3 is 0 Å². The minimum atomic E-state index is -0.461. The maximum absolute atomic E-state index is 12.8. The van der Waals surface area contributed by atoms with Crippen LogP contribution in [0.4, 0.5) is 11.4 Å². The van der Waals surface area contributed by atoms with Crippen molar-refractivity contribution < 1.29 is 19.2 Å². The second-order valence-electron chi connectivity index (χ2n) is 6.11. The van der Waals surface area contributed by atoms with E-state index in [-0.39, 0.29) is 11.4 Å². The number of nitrogens with one attached hydrogen (secondary N) is 1. The predicted molar refractivity (Wildman–Crippen MR) is 98.5 cm³/mol. The maximum atomic E-state index is 12.8. The molecule has 1 aromatic heterocycles. The number of nitrogens with zero attached hydrogens (tertiary/aromatic N) is 2. The van der Waals surface area contributed by atoms with E-state index in [1.807, 2.05) is 0 Å². The fourth-order valence-corrected chi connectivity index (χ4v) is 3.05. The summed E-state index contributed by atoms with van der Waals surface area (Å²) in [5.74, 6) is 0.711. The highest BCUT2D eigenvalue weighted by atomic mass is 16.6. The molecule has 0 saturated carbocycles. The van der Waals surface area contributed by atoms with E-state index in [4.69, 9.17) is 9.47 Å². The second kappa shape index (κ2) is 6.56. The lowest BCUT2D eigenvalue weighted by molar-refractivity contribution is -0.383. The lowest BCUT2D eigenvalue weighted by Gasteiger charge is -2.19. The largest absolute Gasteiger partial charge is 0.486 e. The maximum Gasteiger partial charge on any atom is 0.277 e. The van der Waals surface area contributed by atoms with Crippen molar-refractivity contribution in [3.05, 3.63) is 64.0 Å². The molecule has 8 nitrogen and oxygen atoms in total. The molecule has 3 aromatic rings. The van der Waals surface area contributed by atoms with Gasteiger partial charge in [0.2, 0.25) is 0 Å². The van der Waals surface area contributed by atoms with Crippen molar-refractivity contribution in [2.24, 2.45) is 0 Å². The molecule has 1 amide bonds. The molecule has 2 aromatic carbocycles. The van der Waals surface area contributed by atoms with Crippen molar-refractivity contribution >= 4 is 28.1 Å². The minimum Gasteiger partial charge on any atom is -0.486 e. The van der Waals surface area contributed by atoms with Crippen molar-refractivity contribution in [2.45, 2.75) is 6.92 Å². The van der Waals surface area contributed by atoms with Crippen LogP contribution < -0.4 is 14.8 Å². The Bertz CT molecular complexity index is 1080.